The number of aliphatic hydroxyl groups excluding tert-OH is 1. The van der Waals surface area contributed by atoms with E-state index in [2.05, 4.69) is 5.32 Å². The predicted octanol–water partition coefficient (Wildman–Crippen LogP) is 2.32. The highest BCUT2D eigenvalue weighted by Gasteiger charge is 2.15. The molecule has 14 heavy (non-hydrogen) atoms. The first-order chi connectivity index (χ1) is 6.93. The van der Waals surface area contributed by atoms with Crippen LogP contribution in [0.3, 0.4) is 0 Å². The molecular weight excluding hydrogens is 174 g/mol. The van der Waals surface area contributed by atoms with E-state index >= 15 is 0 Å². The van der Waals surface area contributed by atoms with Crippen molar-refractivity contribution >= 4 is 0 Å². The summed E-state index contributed by atoms with van der Waals surface area (Å²) in [5.74, 6) is 1.04. The SMILES string of the molecule is OCCCCCCNCCC1CCC1. The molecule has 0 unspecified atom stereocenters. The van der Waals surface area contributed by atoms with Gasteiger partial charge in [-0.05, 0) is 38.3 Å². The maximum absolute atomic E-state index is 8.59. The Kier molecular flexibility index (Phi) is 7.06. The van der Waals surface area contributed by atoms with Crippen LogP contribution in [0.25, 0.3) is 0 Å². The van der Waals surface area contributed by atoms with Crippen LogP contribution in [-0.4, -0.2) is 24.8 Å². The molecular formula is C12H25NO. The molecule has 0 heterocycles. The molecule has 0 saturated heterocycles. The molecule has 0 aromatic carbocycles. The second kappa shape index (κ2) is 8.25. The molecule has 0 aromatic rings. The number of hydrogen-bond acceptors (Lipinski definition) is 2. The summed E-state index contributed by atoms with van der Waals surface area (Å²) in [5, 5.41) is 12.1. The van der Waals surface area contributed by atoms with Crippen molar-refractivity contribution in [3.8, 4) is 0 Å². The Bertz CT molecular complexity index is 123. The van der Waals surface area contributed by atoms with Gasteiger partial charge in [-0.2, -0.15) is 0 Å². The number of nitrogens with one attached hydrogen (secondary N) is 1. The molecule has 1 saturated carbocycles. The smallest absolute Gasteiger partial charge is 0.0431 e. The van der Waals surface area contributed by atoms with E-state index in [1.54, 1.807) is 0 Å². The second-order valence-electron chi connectivity index (χ2n) is 4.47. The summed E-state index contributed by atoms with van der Waals surface area (Å²) in [6.45, 7) is 2.73. The molecule has 2 heteroatoms. The fraction of sp³-hybridized carbons (Fsp3) is 1.00. The van der Waals surface area contributed by atoms with Gasteiger partial charge in [-0.3, -0.25) is 0 Å². The summed E-state index contributed by atoms with van der Waals surface area (Å²) in [4.78, 5) is 0. The van der Waals surface area contributed by atoms with Gasteiger partial charge in [-0.1, -0.05) is 32.1 Å². The highest BCUT2D eigenvalue weighted by molar-refractivity contribution is 4.70. The minimum Gasteiger partial charge on any atom is -0.396 e. The molecule has 1 rings (SSSR count). The van der Waals surface area contributed by atoms with Gasteiger partial charge in [0.05, 0.1) is 0 Å². The monoisotopic (exact) mass is 199 g/mol. The molecule has 0 atom stereocenters. The third kappa shape index (κ3) is 5.61. The van der Waals surface area contributed by atoms with E-state index in [0.29, 0.717) is 6.61 Å². The molecule has 0 amide bonds. The highest BCUT2D eigenvalue weighted by Crippen LogP contribution is 2.28. The van der Waals surface area contributed by atoms with E-state index in [-0.39, 0.29) is 0 Å². The third-order valence-electron chi connectivity index (χ3n) is 3.22. The third-order valence-corrected chi connectivity index (χ3v) is 3.22. The van der Waals surface area contributed by atoms with Crippen molar-refractivity contribution in [1.82, 2.24) is 5.32 Å². The maximum Gasteiger partial charge on any atom is 0.0431 e. The van der Waals surface area contributed by atoms with E-state index in [4.69, 9.17) is 5.11 Å². The van der Waals surface area contributed by atoms with Gasteiger partial charge in [0.1, 0.15) is 0 Å². The first kappa shape index (κ1) is 12.0. The summed E-state index contributed by atoms with van der Waals surface area (Å²) in [5.41, 5.74) is 0. The van der Waals surface area contributed by atoms with Gasteiger partial charge in [-0.15, -0.1) is 0 Å². The van der Waals surface area contributed by atoms with Gasteiger partial charge in [0, 0.05) is 6.61 Å². The van der Waals surface area contributed by atoms with Gasteiger partial charge < -0.3 is 10.4 Å². The summed E-state index contributed by atoms with van der Waals surface area (Å²) < 4.78 is 0. The topological polar surface area (TPSA) is 32.3 Å². The fourth-order valence-corrected chi connectivity index (χ4v) is 1.93. The summed E-state index contributed by atoms with van der Waals surface area (Å²) in [7, 11) is 0. The van der Waals surface area contributed by atoms with Crippen LogP contribution in [0.15, 0.2) is 0 Å². The fourth-order valence-electron chi connectivity index (χ4n) is 1.93. The lowest BCUT2D eigenvalue weighted by molar-refractivity contribution is 0.281. The molecule has 1 aliphatic rings. The Morgan fingerprint density at radius 3 is 2.43 bits per heavy atom. The van der Waals surface area contributed by atoms with E-state index in [1.807, 2.05) is 0 Å². The van der Waals surface area contributed by atoms with Crippen LogP contribution in [0.4, 0.5) is 0 Å². The normalized spacial score (nSPS) is 16.9. The summed E-state index contributed by atoms with van der Waals surface area (Å²) in [6.07, 6.45) is 10.5. The van der Waals surface area contributed by atoms with Crippen molar-refractivity contribution in [3.05, 3.63) is 0 Å². The number of unbranched alkanes of at least 4 members (excludes halogenated alkanes) is 3. The van der Waals surface area contributed by atoms with Crippen LogP contribution < -0.4 is 5.32 Å². The zero-order valence-corrected chi connectivity index (χ0v) is 9.30. The zero-order valence-electron chi connectivity index (χ0n) is 9.30. The van der Waals surface area contributed by atoms with Crippen molar-refractivity contribution in [2.24, 2.45) is 5.92 Å². The van der Waals surface area contributed by atoms with E-state index in [9.17, 15) is 0 Å². The number of aliphatic hydroxyl groups is 1. The molecule has 0 spiro atoms. The van der Waals surface area contributed by atoms with Crippen LogP contribution in [0, 0.1) is 5.92 Å². The summed E-state index contributed by atoms with van der Waals surface area (Å²) >= 11 is 0. The van der Waals surface area contributed by atoms with Crippen LogP contribution >= 0.6 is 0 Å². The lowest BCUT2D eigenvalue weighted by atomic mass is 9.83. The van der Waals surface area contributed by atoms with Gasteiger partial charge in [-0.25, -0.2) is 0 Å². The predicted molar refractivity (Wildman–Crippen MR) is 60.4 cm³/mol. The first-order valence-electron chi connectivity index (χ1n) is 6.25. The van der Waals surface area contributed by atoms with Crippen molar-refractivity contribution in [1.29, 1.82) is 0 Å². The lowest BCUT2D eigenvalue weighted by Gasteiger charge is -2.25. The molecule has 0 bridgehead atoms. The molecule has 2 nitrogen and oxygen atoms in total. The molecule has 0 radical (unpaired) electrons. The molecule has 0 aliphatic heterocycles. The van der Waals surface area contributed by atoms with Crippen molar-refractivity contribution in [3.63, 3.8) is 0 Å². The number of rotatable bonds is 9. The van der Waals surface area contributed by atoms with Gasteiger partial charge in [0.15, 0.2) is 0 Å². The number of hydrogen-bond donors (Lipinski definition) is 2. The summed E-state index contributed by atoms with van der Waals surface area (Å²) in [6, 6.07) is 0. The Labute approximate surface area is 88.1 Å². The standard InChI is InChI=1S/C12H25NO/c14-11-4-2-1-3-9-13-10-8-12-6-5-7-12/h12-14H,1-11H2. The second-order valence-corrected chi connectivity index (χ2v) is 4.47. The first-order valence-corrected chi connectivity index (χ1v) is 6.25. The molecule has 1 aliphatic carbocycles. The Morgan fingerprint density at radius 1 is 1.00 bits per heavy atom. The Hall–Kier alpha value is -0.0800. The van der Waals surface area contributed by atoms with Gasteiger partial charge in [0.2, 0.25) is 0 Å². The van der Waals surface area contributed by atoms with Crippen LogP contribution in [0.1, 0.15) is 51.4 Å². The maximum atomic E-state index is 8.59. The molecule has 2 N–H and O–H groups in total. The Morgan fingerprint density at radius 2 is 1.79 bits per heavy atom. The van der Waals surface area contributed by atoms with E-state index in [1.165, 1.54) is 51.5 Å². The zero-order chi connectivity index (χ0) is 10.1. The van der Waals surface area contributed by atoms with Crippen molar-refractivity contribution < 1.29 is 5.11 Å². The van der Waals surface area contributed by atoms with Gasteiger partial charge >= 0.3 is 0 Å². The molecule has 0 aromatic heterocycles. The van der Waals surface area contributed by atoms with Gasteiger partial charge in [0.25, 0.3) is 0 Å². The van der Waals surface area contributed by atoms with E-state index in [0.717, 1.165) is 18.9 Å². The lowest BCUT2D eigenvalue weighted by Crippen LogP contribution is -2.22. The molecule has 84 valence electrons. The van der Waals surface area contributed by atoms with Crippen LogP contribution in [-0.2, 0) is 0 Å². The van der Waals surface area contributed by atoms with Crippen LogP contribution in [0.2, 0.25) is 0 Å². The average molecular weight is 199 g/mol. The minimum absolute atomic E-state index is 0.356. The average Bonchev–Trinajstić information content (AvgIpc) is 2.13. The van der Waals surface area contributed by atoms with E-state index < -0.39 is 0 Å². The van der Waals surface area contributed by atoms with Crippen molar-refractivity contribution in [2.75, 3.05) is 19.7 Å². The quantitative estimate of drug-likeness (QED) is 0.559. The largest absolute Gasteiger partial charge is 0.396 e. The minimum atomic E-state index is 0.356. The van der Waals surface area contributed by atoms with Crippen LogP contribution in [0.5, 0.6) is 0 Å². The highest BCUT2D eigenvalue weighted by atomic mass is 16.2. The molecule has 1 fully saturated rings. The van der Waals surface area contributed by atoms with Crippen molar-refractivity contribution in [2.45, 2.75) is 51.4 Å². The Balaban J connectivity index is 1.67.